The lowest BCUT2D eigenvalue weighted by Gasteiger charge is -2.32. The Balaban J connectivity index is 1.31. The van der Waals surface area contributed by atoms with Crippen molar-refractivity contribution in [3.05, 3.63) is 112 Å². The fraction of sp³-hybridized carbons (Fsp3) is 0.233. The van der Waals surface area contributed by atoms with Gasteiger partial charge in [0.25, 0.3) is 0 Å². The number of carbonyl (C=O) groups is 1. The predicted octanol–water partition coefficient (Wildman–Crippen LogP) is 6.62. The summed E-state index contributed by atoms with van der Waals surface area (Å²) in [5.74, 6) is 1.60. The van der Waals surface area contributed by atoms with Gasteiger partial charge in [-0.2, -0.15) is 4.98 Å². The van der Waals surface area contributed by atoms with Gasteiger partial charge in [-0.15, -0.1) is 5.10 Å². The van der Waals surface area contributed by atoms with Gasteiger partial charge < -0.3 is 10.1 Å². The lowest BCUT2D eigenvalue weighted by molar-refractivity contribution is -0.116. The molecule has 3 aromatic carbocycles. The van der Waals surface area contributed by atoms with E-state index < -0.39 is 6.04 Å². The summed E-state index contributed by atoms with van der Waals surface area (Å²) in [4.78, 5) is 17.9. The van der Waals surface area contributed by atoms with Gasteiger partial charge in [-0.1, -0.05) is 66.4 Å². The maximum absolute atomic E-state index is 14.2. The smallest absolute Gasteiger partial charge is 0.227 e. The van der Waals surface area contributed by atoms with Gasteiger partial charge >= 0.3 is 0 Å². The number of benzene rings is 3. The number of hydrogen-bond donors (Lipinski definition) is 1. The summed E-state index contributed by atoms with van der Waals surface area (Å²) >= 11 is 1.37. The first-order chi connectivity index (χ1) is 18.6. The van der Waals surface area contributed by atoms with Crippen LogP contribution in [-0.4, -0.2) is 20.5 Å². The molecule has 2 heterocycles. The van der Waals surface area contributed by atoms with Crippen molar-refractivity contribution in [2.75, 3.05) is 5.32 Å². The Hall–Kier alpha value is -3.91. The van der Waals surface area contributed by atoms with Crippen molar-refractivity contribution in [2.45, 2.75) is 49.7 Å². The summed E-state index contributed by atoms with van der Waals surface area (Å²) in [7, 11) is 0. The number of thioether (sulfide) groups is 1. The maximum atomic E-state index is 14.2. The molecule has 0 spiro atoms. The molecule has 4 aromatic rings. The minimum Gasteiger partial charge on any atom is -0.489 e. The number of ether oxygens (including phenoxy) is 1. The second kappa shape index (κ2) is 10.5. The molecule has 0 saturated carbocycles. The van der Waals surface area contributed by atoms with E-state index >= 15 is 0 Å². The van der Waals surface area contributed by atoms with Crippen LogP contribution in [0.3, 0.4) is 0 Å². The number of ketones is 1. The fourth-order valence-electron chi connectivity index (χ4n) is 4.97. The summed E-state index contributed by atoms with van der Waals surface area (Å²) in [6.45, 7) is 2.53. The first kappa shape index (κ1) is 24.4. The standard InChI is InChI=1S/C30H27FN4O2S/c1-19-8-2-3-9-21(19)17-37-23-12-6-11-20(16-23)28-27-25(14-7-15-26(27)36)32-29-33-30(34-35(28)29)38-18-22-10-4-5-13-24(22)31/h2-6,8-13,16,28H,7,14-15,17-18H2,1H3,(H,32,33,34). The molecule has 0 radical (unpaired) electrons. The van der Waals surface area contributed by atoms with Crippen LogP contribution in [0.15, 0.2) is 89.2 Å². The Labute approximate surface area is 224 Å². The molecule has 1 aliphatic heterocycles. The summed E-state index contributed by atoms with van der Waals surface area (Å²) in [5, 5.41) is 8.65. The molecule has 0 saturated heterocycles. The van der Waals surface area contributed by atoms with Gasteiger partial charge in [0.15, 0.2) is 5.78 Å². The van der Waals surface area contributed by atoms with Crippen LogP contribution in [0.2, 0.25) is 0 Å². The molecule has 8 heteroatoms. The number of rotatable bonds is 7. The average Bonchev–Trinajstić information content (AvgIpc) is 3.34. The van der Waals surface area contributed by atoms with Crippen LogP contribution >= 0.6 is 11.8 Å². The van der Waals surface area contributed by atoms with Crippen molar-refractivity contribution in [3.63, 3.8) is 0 Å². The normalized spacial score (nSPS) is 16.6. The second-order valence-corrected chi connectivity index (χ2v) is 10.5. The Morgan fingerprint density at radius 1 is 1.05 bits per heavy atom. The van der Waals surface area contributed by atoms with Crippen molar-refractivity contribution >= 4 is 23.5 Å². The number of halogens is 1. The first-order valence-electron chi connectivity index (χ1n) is 12.7. The van der Waals surface area contributed by atoms with Crippen LogP contribution in [0.1, 0.15) is 47.6 Å². The number of carbonyl (C=O) groups excluding carboxylic acids is 1. The molecule has 1 atom stereocenters. The molecule has 1 aromatic heterocycles. The third kappa shape index (κ3) is 4.84. The van der Waals surface area contributed by atoms with E-state index in [1.54, 1.807) is 16.8 Å². The third-order valence-electron chi connectivity index (χ3n) is 6.99. The van der Waals surface area contributed by atoms with Crippen molar-refractivity contribution in [1.29, 1.82) is 0 Å². The highest BCUT2D eigenvalue weighted by molar-refractivity contribution is 7.98. The van der Waals surface area contributed by atoms with E-state index in [2.05, 4.69) is 24.4 Å². The zero-order chi connectivity index (χ0) is 26.1. The summed E-state index contributed by atoms with van der Waals surface area (Å²) in [6, 6.07) is 22.3. The minimum absolute atomic E-state index is 0.122. The number of aromatic nitrogens is 3. The Morgan fingerprint density at radius 2 is 1.87 bits per heavy atom. The van der Waals surface area contributed by atoms with Crippen molar-refractivity contribution in [3.8, 4) is 5.75 Å². The minimum atomic E-state index is -0.411. The van der Waals surface area contributed by atoms with Gasteiger partial charge in [0, 0.05) is 23.4 Å². The number of Topliss-reactive ketones (excluding diaryl/α,β-unsaturated/α-hetero) is 1. The summed E-state index contributed by atoms with van der Waals surface area (Å²) in [6.07, 6.45) is 2.10. The van der Waals surface area contributed by atoms with E-state index in [0.29, 0.717) is 35.4 Å². The summed E-state index contributed by atoms with van der Waals surface area (Å²) in [5.41, 5.74) is 5.45. The van der Waals surface area contributed by atoms with Crippen LogP contribution in [0.5, 0.6) is 5.75 Å². The van der Waals surface area contributed by atoms with Gasteiger partial charge in [0.2, 0.25) is 11.1 Å². The lowest BCUT2D eigenvalue weighted by Crippen LogP contribution is -2.31. The number of allylic oxidation sites excluding steroid dienone is 2. The molecule has 1 aliphatic carbocycles. The quantitative estimate of drug-likeness (QED) is 0.273. The summed E-state index contributed by atoms with van der Waals surface area (Å²) < 4.78 is 22.1. The van der Waals surface area contributed by atoms with Crippen LogP contribution in [-0.2, 0) is 17.2 Å². The highest BCUT2D eigenvalue weighted by Gasteiger charge is 2.37. The van der Waals surface area contributed by atoms with Gasteiger partial charge in [-0.3, -0.25) is 4.79 Å². The highest BCUT2D eigenvalue weighted by atomic mass is 32.2. The van der Waals surface area contributed by atoms with Gasteiger partial charge in [0.05, 0.1) is 0 Å². The molecule has 0 fully saturated rings. The molecular weight excluding hydrogens is 499 g/mol. The molecule has 38 heavy (non-hydrogen) atoms. The number of fused-ring (bicyclic) bond motifs is 1. The van der Waals surface area contributed by atoms with Crippen molar-refractivity contribution in [2.24, 2.45) is 0 Å². The average molecular weight is 527 g/mol. The zero-order valence-corrected chi connectivity index (χ0v) is 21.8. The van der Waals surface area contributed by atoms with E-state index in [9.17, 15) is 9.18 Å². The predicted molar refractivity (Wildman–Crippen MR) is 146 cm³/mol. The molecule has 192 valence electrons. The molecule has 1 unspecified atom stereocenters. The first-order valence-corrected chi connectivity index (χ1v) is 13.7. The van der Waals surface area contributed by atoms with Crippen molar-refractivity contribution in [1.82, 2.24) is 14.8 Å². The van der Waals surface area contributed by atoms with Gasteiger partial charge in [-0.05, 0) is 60.2 Å². The molecule has 2 aliphatic rings. The Morgan fingerprint density at radius 3 is 2.71 bits per heavy atom. The SMILES string of the molecule is Cc1ccccc1COc1cccc(C2C3=C(CCCC3=O)Nc3nc(SCc4ccccc4F)nn32)c1. The maximum Gasteiger partial charge on any atom is 0.227 e. The van der Waals surface area contributed by atoms with E-state index in [1.807, 2.05) is 42.5 Å². The zero-order valence-electron chi connectivity index (χ0n) is 21.0. The second-order valence-electron chi connectivity index (χ2n) is 9.53. The van der Waals surface area contributed by atoms with Gasteiger partial charge in [0.1, 0.15) is 24.2 Å². The van der Waals surface area contributed by atoms with Crippen LogP contribution in [0.25, 0.3) is 0 Å². The van der Waals surface area contributed by atoms with E-state index in [0.717, 1.165) is 41.0 Å². The van der Waals surface area contributed by atoms with Crippen LogP contribution < -0.4 is 10.1 Å². The fourth-order valence-corrected chi connectivity index (χ4v) is 5.79. The topological polar surface area (TPSA) is 69.0 Å². The lowest BCUT2D eigenvalue weighted by atomic mass is 9.85. The largest absolute Gasteiger partial charge is 0.489 e. The molecule has 0 amide bonds. The van der Waals surface area contributed by atoms with Gasteiger partial charge in [-0.25, -0.2) is 9.07 Å². The molecule has 0 bridgehead atoms. The molecular formula is C30H27FN4O2S. The monoisotopic (exact) mass is 526 g/mol. The molecule has 6 nitrogen and oxygen atoms in total. The van der Waals surface area contributed by atoms with E-state index in [4.69, 9.17) is 14.8 Å². The third-order valence-corrected chi connectivity index (χ3v) is 7.88. The number of nitrogens with zero attached hydrogens (tertiary/aromatic N) is 3. The Bertz CT molecular complexity index is 1550. The molecule has 6 rings (SSSR count). The number of hydrogen-bond acceptors (Lipinski definition) is 6. The Kier molecular flexibility index (Phi) is 6.72. The van der Waals surface area contributed by atoms with Crippen LogP contribution in [0, 0.1) is 12.7 Å². The van der Waals surface area contributed by atoms with Crippen molar-refractivity contribution < 1.29 is 13.9 Å². The number of aryl methyl sites for hydroxylation is 1. The van der Waals surface area contributed by atoms with Crippen LogP contribution in [0.4, 0.5) is 10.3 Å². The van der Waals surface area contributed by atoms with E-state index in [-0.39, 0.29) is 11.6 Å². The number of nitrogens with one attached hydrogen (secondary N) is 1. The van der Waals surface area contributed by atoms with E-state index in [1.165, 1.54) is 23.4 Å². The number of anilines is 1. The molecule has 1 N–H and O–H groups in total. The highest BCUT2D eigenvalue weighted by Crippen LogP contribution is 2.41.